The van der Waals surface area contributed by atoms with Crippen LogP contribution >= 0.6 is 0 Å². The van der Waals surface area contributed by atoms with Gasteiger partial charge in [0.2, 0.25) is 0 Å². The summed E-state index contributed by atoms with van der Waals surface area (Å²) in [7, 11) is 0. The van der Waals surface area contributed by atoms with E-state index in [4.69, 9.17) is 0 Å². The molecule has 0 spiro atoms. The third-order valence-electron chi connectivity index (χ3n) is 4.01. The van der Waals surface area contributed by atoms with E-state index in [0.717, 1.165) is 24.6 Å². The van der Waals surface area contributed by atoms with E-state index in [1.807, 2.05) is 25.3 Å². The second-order valence-corrected chi connectivity index (χ2v) is 5.60. The SMILES string of the molecule is Cc1cccn(CCNC2CCC(C)CC2)c1=O. The molecule has 0 radical (unpaired) electrons. The normalized spacial score (nSPS) is 24.1. The molecular weight excluding hydrogens is 224 g/mol. The Morgan fingerprint density at radius 1 is 1.33 bits per heavy atom. The molecule has 0 bridgehead atoms. The number of aromatic nitrogens is 1. The maximum absolute atomic E-state index is 11.8. The minimum Gasteiger partial charge on any atom is -0.314 e. The number of hydrogen-bond donors (Lipinski definition) is 1. The van der Waals surface area contributed by atoms with Crippen molar-refractivity contribution in [3.05, 3.63) is 34.2 Å². The molecule has 1 aromatic heterocycles. The Balaban J connectivity index is 1.78. The van der Waals surface area contributed by atoms with E-state index < -0.39 is 0 Å². The number of hydrogen-bond acceptors (Lipinski definition) is 2. The summed E-state index contributed by atoms with van der Waals surface area (Å²) in [5.74, 6) is 0.891. The minimum atomic E-state index is 0.136. The lowest BCUT2D eigenvalue weighted by Crippen LogP contribution is -2.36. The van der Waals surface area contributed by atoms with Crippen LogP contribution in [-0.4, -0.2) is 17.2 Å². The summed E-state index contributed by atoms with van der Waals surface area (Å²) in [5, 5.41) is 3.58. The van der Waals surface area contributed by atoms with Crippen LogP contribution in [0.3, 0.4) is 0 Å². The minimum absolute atomic E-state index is 0.136. The first-order valence-corrected chi connectivity index (χ1v) is 7.06. The van der Waals surface area contributed by atoms with Crippen LogP contribution in [0.15, 0.2) is 23.1 Å². The molecule has 0 aromatic carbocycles. The Labute approximate surface area is 109 Å². The number of aryl methyl sites for hydroxylation is 1. The Morgan fingerprint density at radius 2 is 2.06 bits per heavy atom. The Hall–Kier alpha value is -1.09. The molecule has 0 saturated heterocycles. The molecule has 0 aliphatic heterocycles. The number of nitrogens with one attached hydrogen (secondary N) is 1. The van der Waals surface area contributed by atoms with Crippen molar-refractivity contribution in [2.24, 2.45) is 5.92 Å². The topological polar surface area (TPSA) is 34.0 Å². The van der Waals surface area contributed by atoms with Gasteiger partial charge in [0.05, 0.1) is 0 Å². The predicted octanol–water partition coefficient (Wildman–Crippen LogP) is 2.33. The van der Waals surface area contributed by atoms with Gasteiger partial charge in [0, 0.05) is 30.9 Å². The lowest BCUT2D eigenvalue weighted by molar-refractivity contribution is 0.305. The van der Waals surface area contributed by atoms with Crippen molar-refractivity contribution in [3.8, 4) is 0 Å². The van der Waals surface area contributed by atoms with Crippen LogP contribution in [0, 0.1) is 12.8 Å². The molecule has 0 atom stereocenters. The first kappa shape index (κ1) is 13.3. The summed E-state index contributed by atoms with van der Waals surface area (Å²) in [6.07, 6.45) is 7.11. The molecule has 1 fully saturated rings. The zero-order chi connectivity index (χ0) is 13.0. The third kappa shape index (κ3) is 3.45. The zero-order valence-electron chi connectivity index (χ0n) is 11.5. The number of pyridine rings is 1. The van der Waals surface area contributed by atoms with E-state index in [-0.39, 0.29) is 5.56 Å². The molecule has 1 aliphatic rings. The quantitative estimate of drug-likeness (QED) is 0.887. The van der Waals surface area contributed by atoms with E-state index in [0.29, 0.717) is 6.04 Å². The fourth-order valence-corrected chi connectivity index (χ4v) is 2.69. The van der Waals surface area contributed by atoms with Crippen molar-refractivity contribution in [3.63, 3.8) is 0 Å². The molecule has 18 heavy (non-hydrogen) atoms. The highest BCUT2D eigenvalue weighted by molar-refractivity contribution is 5.07. The highest BCUT2D eigenvalue weighted by Gasteiger charge is 2.17. The van der Waals surface area contributed by atoms with Crippen LogP contribution in [-0.2, 0) is 6.54 Å². The summed E-state index contributed by atoms with van der Waals surface area (Å²) >= 11 is 0. The van der Waals surface area contributed by atoms with E-state index in [1.165, 1.54) is 25.7 Å². The number of nitrogens with zero attached hydrogens (tertiary/aromatic N) is 1. The monoisotopic (exact) mass is 248 g/mol. The highest BCUT2D eigenvalue weighted by Crippen LogP contribution is 2.23. The molecule has 1 aliphatic carbocycles. The van der Waals surface area contributed by atoms with Crippen molar-refractivity contribution < 1.29 is 0 Å². The van der Waals surface area contributed by atoms with Crippen LogP contribution in [0.1, 0.15) is 38.2 Å². The average molecular weight is 248 g/mol. The van der Waals surface area contributed by atoms with Gasteiger partial charge in [0.25, 0.3) is 5.56 Å². The van der Waals surface area contributed by atoms with Gasteiger partial charge in [-0.2, -0.15) is 0 Å². The van der Waals surface area contributed by atoms with E-state index in [9.17, 15) is 4.79 Å². The molecule has 3 nitrogen and oxygen atoms in total. The summed E-state index contributed by atoms with van der Waals surface area (Å²) in [5.41, 5.74) is 0.959. The predicted molar refractivity (Wildman–Crippen MR) is 74.9 cm³/mol. The molecule has 0 amide bonds. The van der Waals surface area contributed by atoms with Crippen LogP contribution in [0.4, 0.5) is 0 Å². The first-order valence-electron chi connectivity index (χ1n) is 7.06. The van der Waals surface area contributed by atoms with Gasteiger partial charge in [-0.1, -0.05) is 13.0 Å². The van der Waals surface area contributed by atoms with Crippen LogP contribution < -0.4 is 10.9 Å². The molecule has 2 rings (SSSR count). The van der Waals surface area contributed by atoms with Crippen molar-refractivity contribution in [2.45, 2.75) is 52.1 Å². The van der Waals surface area contributed by atoms with E-state index >= 15 is 0 Å². The van der Waals surface area contributed by atoms with Crippen molar-refractivity contribution in [1.29, 1.82) is 0 Å². The zero-order valence-corrected chi connectivity index (χ0v) is 11.5. The smallest absolute Gasteiger partial charge is 0.253 e. The molecule has 1 aromatic rings. The number of rotatable bonds is 4. The standard InChI is InChI=1S/C15H24N2O/c1-12-5-7-14(8-6-12)16-9-11-17-10-3-4-13(2)15(17)18/h3-4,10,12,14,16H,5-9,11H2,1-2H3. The van der Waals surface area contributed by atoms with Gasteiger partial charge in [-0.25, -0.2) is 0 Å². The molecular formula is C15H24N2O. The van der Waals surface area contributed by atoms with E-state index in [2.05, 4.69) is 12.2 Å². The van der Waals surface area contributed by atoms with Crippen LogP contribution in [0.5, 0.6) is 0 Å². The summed E-state index contributed by atoms with van der Waals surface area (Å²) in [4.78, 5) is 11.8. The highest BCUT2D eigenvalue weighted by atomic mass is 16.1. The first-order chi connectivity index (χ1) is 8.66. The fraction of sp³-hybridized carbons (Fsp3) is 0.667. The van der Waals surface area contributed by atoms with Crippen LogP contribution in [0.25, 0.3) is 0 Å². The summed E-state index contributed by atoms with van der Waals surface area (Å²) in [6, 6.07) is 4.47. The Kier molecular flexibility index (Phi) is 4.59. The van der Waals surface area contributed by atoms with Gasteiger partial charge in [-0.3, -0.25) is 4.79 Å². The lowest BCUT2D eigenvalue weighted by atomic mass is 9.87. The maximum Gasteiger partial charge on any atom is 0.253 e. The summed E-state index contributed by atoms with van der Waals surface area (Å²) in [6.45, 7) is 5.87. The fourth-order valence-electron chi connectivity index (χ4n) is 2.69. The van der Waals surface area contributed by atoms with Gasteiger partial charge in [-0.15, -0.1) is 0 Å². The van der Waals surface area contributed by atoms with Gasteiger partial charge in [0.15, 0.2) is 0 Å². The van der Waals surface area contributed by atoms with Gasteiger partial charge in [-0.05, 0) is 44.6 Å². The molecule has 1 N–H and O–H groups in total. The largest absolute Gasteiger partial charge is 0.314 e. The van der Waals surface area contributed by atoms with Crippen molar-refractivity contribution in [2.75, 3.05) is 6.54 Å². The Bertz CT molecular complexity index is 430. The second-order valence-electron chi connectivity index (χ2n) is 5.60. The van der Waals surface area contributed by atoms with Gasteiger partial charge >= 0.3 is 0 Å². The van der Waals surface area contributed by atoms with Crippen molar-refractivity contribution in [1.82, 2.24) is 9.88 Å². The molecule has 1 heterocycles. The second kappa shape index (κ2) is 6.19. The molecule has 0 unspecified atom stereocenters. The van der Waals surface area contributed by atoms with Crippen molar-refractivity contribution >= 4 is 0 Å². The van der Waals surface area contributed by atoms with Crippen LogP contribution in [0.2, 0.25) is 0 Å². The third-order valence-corrected chi connectivity index (χ3v) is 4.01. The average Bonchev–Trinajstić information content (AvgIpc) is 2.37. The van der Waals surface area contributed by atoms with Gasteiger partial charge in [0.1, 0.15) is 0 Å². The maximum atomic E-state index is 11.8. The summed E-state index contributed by atoms with van der Waals surface area (Å²) < 4.78 is 1.80. The van der Waals surface area contributed by atoms with Gasteiger partial charge < -0.3 is 9.88 Å². The molecule has 1 saturated carbocycles. The molecule has 3 heteroatoms. The lowest BCUT2D eigenvalue weighted by Gasteiger charge is -2.27. The van der Waals surface area contributed by atoms with E-state index in [1.54, 1.807) is 4.57 Å². The molecule has 100 valence electrons. The Morgan fingerprint density at radius 3 is 2.78 bits per heavy atom.